The van der Waals surface area contributed by atoms with Crippen LogP contribution in [0.3, 0.4) is 0 Å². The molecule has 1 aromatic carbocycles. The topological polar surface area (TPSA) is 55.8 Å². The number of carbonyl (C=O) groups excluding carboxylic acids is 1. The molecule has 0 atom stereocenters. The van der Waals surface area contributed by atoms with Crippen molar-refractivity contribution in [3.8, 4) is 17.2 Å². The summed E-state index contributed by atoms with van der Waals surface area (Å²) in [5.74, 6) is 0.174. The van der Waals surface area contributed by atoms with Gasteiger partial charge in [-0.15, -0.1) is 0 Å². The smallest absolute Gasteiger partial charge is 0.308 e. The Hall–Kier alpha value is -1.71. The van der Waals surface area contributed by atoms with Crippen molar-refractivity contribution in [3.05, 3.63) is 17.7 Å². The highest BCUT2D eigenvalue weighted by molar-refractivity contribution is 5.71. The van der Waals surface area contributed by atoms with Gasteiger partial charge in [-0.25, -0.2) is 0 Å². The van der Waals surface area contributed by atoms with E-state index in [0.29, 0.717) is 11.3 Å². The van der Waals surface area contributed by atoms with Gasteiger partial charge in [0.15, 0.2) is 11.5 Å². The number of phenols is 1. The van der Waals surface area contributed by atoms with Crippen molar-refractivity contribution in [1.29, 1.82) is 0 Å². The molecule has 1 N–H and O–H groups in total. The molecular formula is C13H18O4. The van der Waals surface area contributed by atoms with E-state index < -0.39 is 5.97 Å². The third-order valence-corrected chi connectivity index (χ3v) is 2.35. The van der Waals surface area contributed by atoms with Crippen molar-refractivity contribution in [1.82, 2.24) is 0 Å². The number of benzene rings is 1. The van der Waals surface area contributed by atoms with E-state index in [1.807, 2.05) is 20.8 Å². The van der Waals surface area contributed by atoms with Crippen LogP contribution in [-0.4, -0.2) is 18.2 Å². The van der Waals surface area contributed by atoms with Gasteiger partial charge < -0.3 is 14.6 Å². The third-order valence-electron chi connectivity index (χ3n) is 2.35. The number of carbonyl (C=O) groups is 1. The molecule has 4 heteroatoms. The van der Waals surface area contributed by atoms with Crippen LogP contribution >= 0.6 is 0 Å². The molecular weight excluding hydrogens is 220 g/mol. The Balaban J connectivity index is 3.36. The molecule has 0 amide bonds. The van der Waals surface area contributed by atoms with Crippen LogP contribution < -0.4 is 9.47 Å². The van der Waals surface area contributed by atoms with E-state index in [1.165, 1.54) is 20.1 Å². The minimum atomic E-state index is -0.478. The lowest BCUT2D eigenvalue weighted by atomic mass is 9.86. The molecule has 0 bridgehead atoms. The van der Waals surface area contributed by atoms with Crippen LogP contribution in [0.1, 0.15) is 33.3 Å². The minimum Gasteiger partial charge on any atom is -0.504 e. The van der Waals surface area contributed by atoms with Crippen molar-refractivity contribution < 1.29 is 19.4 Å². The molecule has 0 unspecified atom stereocenters. The van der Waals surface area contributed by atoms with Crippen molar-refractivity contribution in [2.24, 2.45) is 0 Å². The lowest BCUT2D eigenvalue weighted by Gasteiger charge is -2.22. The normalized spacial score (nSPS) is 11.1. The minimum absolute atomic E-state index is 0.0199. The third kappa shape index (κ3) is 3.12. The van der Waals surface area contributed by atoms with Gasteiger partial charge in [0.05, 0.1) is 7.11 Å². The SMILES string of the molecule is COc1cc(OC(C)=O)c(O)c(C(C)(C)C)c1. The number of ether oxygens (including phenoxy) is 2. The van der Waals surface area contributed by atoms with Crippen LogP contribution in [0.4, 0.5) is 0 Å². The number of hydrogen-bond acceptors (Lipinski definition) is 4. The first kappa shape index (κ1) is 13.4. The molecule has 0 saturated heterocycles. The van der Waals surface area contributed by atoms with E-state index in [4.69, 9.17) is 9.47 Å². The van der Waals surface area contributed by atoms with Gasteiger partial charge in [0.1, 0.15) is 5.75 Å². The Morgan fingerprint density at radius 3 is 2.29 bits per heavy atom. The Labute approximate surface area is 101 Å². The van der Waals surface area contributed by atoms with Crippen molar-refractivity contribution in [3.63, 3.8) is 0 Å². The largest absolute Gasteiger partial charge is 0.504 e. The standard InChI is InChI=1S/C13H18O4/c1-8(14)17-11-7-9(16-5)6-10(12(11)15)13(2,3)4/h6-7,15H,1-5H3. The molecule has 0 radical (unpaired) electrons. The maximum absolute atomic E-state index is 11.0. The second-order valence-corrected chi connectivity index (χ2v) is 4.87. The maximum Gasteiger partial charge on any atom is 0.308 e. The average molecular weight is 238 g/mol. The van der Waals surface area contributed by atoms with Gasteiger partial charge in [-0.3, -0.25) is 4.79 Å². The number of hydrogen-bond donors (Lipinski definition) is 1. The molecule has 94 valence electrons. The summed E-state index contributed by atoms with van der Waals surface area (Å²) in [6.07, 6.45) is 0. The van der Waals surface area contributed by atoms with Crippen LogP contribution in [0.25, 0.3) is 0 Å². The fraction of sp³-hybridized carbons (Fsp3) is 0.462. The monoisotopic (exact) mass is 238 g/mol. The van der Waals surface area contributed by atoms with Crippen LogP contribution in [0.2, 0.25) is 0 Å². The van der Waals surface area contributed by atoms with Crippen molar-refractivity contribution >= 4 is 5.97 Å². The van der Waals surface area contributed by atoms with Gasteiger partial charge in [0, 0.05) is 18.6 Å². The fourth-order valence-electron chi connectivity index (χ4n) is 1.50. The van der Waals surface area contributed by atoms with Gasteiger partial charge >= 0.3 is 5.97 Å². The molecule has 17 heavy (non-hydrogen) atoms. The first-order valence-corrected chi connectivity index (χ1v) is 5.35. The highest BCUT2D eigenvalue weighted by Crippen LogP contribution is 2.40. The van der Waals surface area contributed by atoms with Crippen LogP contribution in [0, 0.1) is 0 Å². The zero-order valence-corrected chi connectivity index (χ0v) is 10.8. The summed E-state index contributed by atoms with van der Waals surface area (Å²) in [7, 11) is 1.52. The van der Waals surface area contributed by atoms with Crippen LogP contribution in [0.5, 0.6) is 17.2 Å². The molecule has 0 fully saturated rings. The molecule has 0 saturated carbocycles. The summed E-state index contributed by atoms with van der Waals surface area (Å²) in [6.45, 7) is 7.16. The molecule has 1 rings (SSSR count). The molecule has 4 nitrogen and oxygen atoms in total. The summed E-state index contributed by atoms with van der Waals surface area (Å²) >= 11 is 0. The molecule has 0 aliphatic rings. The Morgan fingerprint density at radius 2 is 1.88 bits per heavy atom. The van der Waals surface area contributed by atoms with Gasteiger partial charge in [-0.1, -0.05) is 20.8 Å². The van der Waals surface area contributed by atoms with Crippen molar-refractivity contribution in [2.45, 2.75) is 33.1 Å². The van der Waals surface area contributed by atoms with E-state index in [9.17, 15) is 9.90 Å². The summed E-state index contributed by atoms with van der Waals surface area (Å²) in [5, 5.41) is 10.1. The van der Waals surface area contributed by atoms with E-state index in [-0.39, 0.29) is 16.9 Å². The van der Waals surface area contributed by atoms with Gasteiger partial charge in [-0.05, 0) is 11.5 Å². The van der Waals surface area contributed by atoms with Crippen LogP contribution in [0.15, 0.2) is 12.1 Å². The number of esters is 1. The number of phenolic OH excluding ortho intramolecular Hbond substituents is 1. The Kier molecular flexibility index (Phi) is 3.66. The first-order chi connectivity index (χ1) is 7.75. The van der Waals surface area contributed by atoms with E-state index in [2.05, 4.69) is 0 Å². The van der Waals surface area contributed by atoms with E-state index in [1.54, 1.807) is 6.07 Å². The Morgan fingerprint density at radius 1 is 1.29 bits per heavy atom. The lowest BCUT2D eigenvalue weighted by molar-refractivity contribution is -0.132. The first-order valence-electron chi connectivity index (χ1n) is 5.35. The molecule has 0 aromatic heterocycles. The molecule has 1 aromatic rings. The lowest BCUT2D eigenvalue weighted by Crippen LogP contribution is -2.13. The van der Waals surface area contributed by atoms with Crippen molar-refractivity contribution in [2.75, 3.05) is 7.11 Å². The highest BCUT2D eigenvalue weighted by atomic mass is 16.5. The summed E-state index contributed by atoms with van der Waals surface area (Å²) in [4.78, 5) is 11.0. The number of aromatic hydroxyl groups is 1. The highest BCUT2D eigenvalue weighted by Gasteiger charge is 2.23. The molecule has 0 heterocycles. The second kappa shape index (κ2) is 4.65. The predicted molar refractivity (Wildman–Crippen MR) is 64.7 cm³/mol. The van der Waals surface area contributed by atoms with E-state index in [0.717, 1.165) is 0 Å². The predicted octanol–water partition coefficient (Wildman–Crippen LogP) is 2.62. The molecule has 0 aliphatic heterocycles. The fourth-order valence-corrected chi connectivity index (χ4v) is 1.50. The van der Waals surface area contributed by atoms with Gasteiger partial charge in [0.2, 0.25) is 0 Å². The van der Waals surface area contributed by atoms with E-state index >= 15 is 0 Å². The Bertz CT molecular complexity index is 430. The summed E-state index contributed by atoms with van der Waals surface area (Å²) in [6, 6.07) is 3.23. The maximum atomic E-state index is 11.0. The second-order valence-electron chi connectivity index (χ2n) is 4.87. The van der Waals surface area contributed by atoms with Gasteiger partial charge in [0.25, 0.3) is 0 Å². The molecule has 0 spiro atoms. The molecule has 0 aliphatic carbocycles. The quantitative estimate of drug-likeness (QED) is 0.635. The zero-order valence-electron chi connectivity index (χ0n) is 10.8. The summed E-state index contributed by atoms with van der Waals surface area (Å²) in [5.41, 5.74) is 0.404. The number of methoxy groups -OCH3 is 1. The number of rotatable bonds is 2. The van der Waals surface area contributed by atoms with Gasteiger partial charge in [-0.2, -0.15) is 0 Å². The average Bonchev–Trinajstić information content (AvgIpc) is 2.18. The van der Waals surface area contributed by atoms with Crippen LogP contribution in [-0.2, 0) is 10.2 Å². The zero-order chi connectivity index (χ0) is 13.2. The summed E-state index contributed by atoms with van der Waals surface area (Å²) < 4.78 is 10.1.